The fourth-order valence-corrected chi connectivity index (χ4v) is 4.10. The summed E-state index contributed by atoms with van der Waals surface area (Å²) in [5, 5.41) is 3.59. The minimum Gasteiger partial charge on any atom is -0.465 e. The van der Waals surface area contributed by atoms with E-state index in [1.54, 1.807) is 0 Å². The van der Waals surface area contributed by atoms with Gasteiger partial charge >= 0.3 is 5.97 Å². The van der Waals surface area contributed by atoms with E-state index in [0.29, 0.717) is 17.5 Å². The van der Waals surface area contributed by atoms with Gasteiger partial charge in [-0.25, -0.2) is 4.79 Å². The summed E-state index contributed by atoms with van der Waals surface area (Å²) in [6, 6.07) is 12.6. The number of carbonyl (C=O) groups excluding carboxylic acids is 1. The fourth-order valence-electron chi connectivity index (χ4n) is 3.07. The highest BCUT2D eigenvalue weighted by atomic mass is 32.1. The highest BCUT2D eigenvalue weighted by Gasteiger charge is 2.24. The normalized spacial score (nSPS) is 21.5. The van der Waals surface area contributed by atoms with Crippen molar-refractivity contribution < 1.29 is 9.53 Å². The van der Waals surface area contributed by atoms with Crippen LogP contribution < -0.4 is 5.32 Å². The zero-order valence-corrected chi connectivity index (χ0v) is 13.8. The van der Waals surface area contributed by atoms with Gasteiger partial charge in [0.1, 0.15) is 0 Å². The SMILES string of the molecule is COC(=O)c1ccc([C@@H]2CC(c3ccc(C)s3)CCN2)cc1. The molecule has 1 aliphatic rings. The monoisotopic (exact) mass is 315 g/mol. The summed E-state index contributed by atoms with van der Waals surface area (Å²) < 4.78 is 4.75. The molecule has 4 heteroatoms. The Morgan fingerprint density at radius 3 is 2.64 bits per heavy atom. The smallest absolute Gasteiger partial charge is 0.337 e. The van der Waals surface area contributed by atoms with Crippen LogP contribution in [-0.4, -0.2) is 19.6 Å². The van der Waals surface area contributed by atoms with Gasteiger partial charge in [-0.15, -0.1) is 11.3 Å². The Bertz CT molecular complexity index is 647. The van der Waals surface area contributed by atoms with E-state index >= 15 is 0 Å². The minimum absolute atomic E-state index is 0.282. The second kappa shape index (κ2) is 6.63. The maximum Gasteiger partial charge on any atom is 0.337 e. The van der Waals surface area contributed by atoms with Gasteiger partial charge in [-0.05, 0) is 62.1 Å². The van der Waals surface area contributed by atoms with E-state index in [1.165, 1.54) is 28.8 Å². The van der Waals surface area contributed by atoms with Crippen molar-refractivity contribution in [3.05, 3.63) is 57.3 Å². The van der Waals surface area contributed by atoms with Gasteiger partial charge in [-0.1, -0.05) is 12.1 Å². The third-order valence-corrected chi connectivity index (χ3v) is 5.46. The number of piperidine rings is 1. The molecule has 1 aromatic heterocycles. The molecule has 1 fully saturated rings. The number of rotatable bonds is 3. The van der Waals surface area contributed by atoms with Gasteiger partial charge in [0.2, 0.25) is 0 Å². The van der Waals surface area contributed by atoms with E-state index in [1.807, 2.05) is 35.6 Å². The summed E-state index contributed by atoms with van der Waals surface area (Å²) in [5.74, 6) is 0.348. The van der Waals surface area contributed by atoms with Crippen molar-refractivity contribution in [2.45, 2.75) is 31.7 Å². The molecule has 1 saturated heterocycles. The molecule has 1 aromatic carbocycles. The molecule has 0 aliphatic carbocycles. The summed E-state index contributed by atoms with van der Waals surface area (Å²) in [6.45, 7) is 3.20. The van der Waals surface area contributed by atoms with E-state index in [4.69, 9.17) is 4.74 Å². The molecule has 22 heavy (non-hydrogen) atoms. The van der Waals surface area contributed by atoms with Gasteiger partial charge in [0.05, 0.1) is 12.7 Å². The first-order valence-corrected chi connectivity index (χ1v) is 8.47. The molecular weight excluding hydrogens is 294 g/mol. The third-order valence-electron chi connectivity index (χ3n) is 4.30. The number of esters is 1. The van der Waals surface area contributed by atoms with Crippen LogP contribution in [0.4, 0.5) is 0 Å². The van der Waals surface area contributed by atoms with Crippen LogP contribution in [0.2, 0.25) is 0 Å². The summed E-state index contributed by atoms with van der Waals surface area (Å²) in [7, 11) is 1.41. The molecule has 116 valence electrons. The standard InChI is InChI=1S/C18H21NO2S/c1-12-3-8-17(22-12)15-9-10-19-16(11-15)13-4-6-14(7-5-13)18(20)21-2/h3-8,15-16,19H,9-11H2,1-2H3/t15?,16-/m0/s1. The molecule has 2 heterocycles. The zero-order valence-electron chi connectivity index (χ0n) is 13.0. The Morgan fingerprint density at radius 2 is 2.00 bits per heavy atom. The van der Waals surface area contributed by atoms with Crippen molar-refractivity contribution in [3.8, 4) is 0 Å². The maximum absolute atomic E-state index is 11.5. The van der Waals surface area contributed by atoms with Crippen molar-refractivity contribution in [1.29, 1.82) is 0 Å². The lowest BCUT2D eigenvalue weighted by molar-refractivity contribution is 0.0600. The van der Waals surface area contributed by atoms with E-state index in [-0.39, 0.29) is 5.97 Å². The number of hydrogen-bond donors (Lipinski definition) is 1. The minimum atomic E-state index is -0.282. The lowest BCUT2D eigenvalue weighted by Gasteiger charge is -2.30. The van der Waals surface area contributed by atoms with Gasteiger partial charge in [0, 0.05) is 15.8 Å². The van der Waals surface area contributed by atoms with Crippen LogP contribution in [0.15, 0.2) is 36.4 Å². The summed E-state index contributed by atoms with van der Waals surface area (Å²) >= 11 is 1.91. The molecule has 0 amide bonds. The summed E-state index contributed by atoms with van der Waals surface area (Å²) in [4.78, 5) is 14.4. The second-order valence-corrected chi connectivity index (χ2v) is 7.11. The average molecular weight is 315 g/mol. The molecule has 3 nitrogen and oxygen atoms in total. The largest absolute Gasteiger partial charge is 0.465 e. The Hall–Kier alpha value is -1.65. The van der Waals surface area contributed by atoms with Crippen molar-refractivity contribution >= 4 is 17.3 Å². The Kier molecular flexibility index (Phi) is 4.60. The summed E-state index contributed by atoms with van der Waals surface area (Å²) in [6.07, 6.45) is 2.30. The molecule has 1 unspecified atom stereocenters. The lowest BCUT2D eigenvalue weighted by atomic mass is 9.87. The van der Waals surface area contributed by atoms with Crippen LogP contribution in [-0.2, 0) is 4.74 Å². The molecule has 0 spiro atoms. The van der Waals surface area contributed by atoms with E-state index < -0.39 is 0 Å². The molecule has 1 N–H and O–H groups in total. The number of thiophene rings is 1. The Balaban J connectivity index is 1.73. The first kappa shape index (κ1) is 15.3. The Labute approximate surface area is 135 Å². The number of carbonyl (C=O) groups is 1. The highest BCUT2D eigenvalue weighted by Crippen LogP contribution is 2.37. The first-order chi connectivity index (χ1) is 10.7. The van der Waals surface area contributed by atoms with Crippen LogP contribution in [0.3, 0.4) is 0 Å². The van der Waals surface area contributed by atoms with Crippen molar-refractivity contribution in [2.75, 3.05) is 13.7 Å². The number of hydrogen-bond acceptors (Lipinski definition) is 4. The number of methoxy groups -OCH3 is 1. The first-order valence-electron chi connectivity index (χ1n) is 7.65. The van der Waals surface area contributed by atoms with Gasteiger partial charge in [-0.2, -0.15) is 0 Å². The van der Waals surface area contributed by atoms with Crippen LogP contribution in [0, 0.1) is 6.92 Å². The highest BCUT2D eigenvalue weighted by molar-refractivity contribution is 7.12. The van der Waals surface area contributed by atoms with Gasteiger partial charge in [0.25, 0.3) is 0 Å². The Morgan fingerprint density at radius 1 is 1.23 bits per heavy atom. The lowest BCUT2D eigenvalue weighted by Crippen LogP contribution is -2.30. The predicted octanol–water partition coefficient (Wildman–Crippen LogP) is 4.05. The number of nitrogens with one attached hydrogen (secondary N) is 1. The molecule has 0 saturated carbocycles. The molecule has 2 aromatic rings. The third kappa shape index (κ3) is 3.23. The van der Waals surface area contributed by atoms with E-state index in [0.717, 1.165) is 13.0 Å². The number of aryl methyl sites for hydroxylation is 1. The van der Waals surface area contributed by atoms with Crippen LogP contribution in [0.1, 0.15) is 50.5 Å². The zero-order chi connectivity index (χ0) is 15.5. The van der Waals surface area contributed by atoms with E-state index in [2.05, 4.69) is 24.4 Å². The van der Waals surface area contributed by atoms with Crippen molar-refractivity contribution in [1.82, 2.24) is 5.32 Å². The average Bonchev–Trinajstić information content (AvgIpc) is 3.01. The molecule has 0 radical (unpaired) electrons. The van der Waals surface area contributed by atoms with Crippen LogP contribution in [0.25, 0.3) is 0 Å². The van der Waals surface area contributed by atoms with Crippen molar-refractivity contribution in [3.63, 3.8) is 0 Å². The molecule has 1 aliphatic heterocycles. The molecule has 0 bridgehead atoms. The number of ether oxygens (including phenoxy) is 1. The van der Waals surface area contributed by atoms with Crippen molar-refractivity contribution in [2.24, 2.45) is 0 Å². The van der Waals surface area contributed by atoms with Crippen LogP contribution in [0.5, 0.6) is 0 Å². The number of benzene rings is 1. The topological polar surface area (TPSA) is 38.3 Å². The van der Waals surface area contributed by atoms with Gasteiger partial charge in [-0.3, -0.25) is 0 Å². The molecule has 2 atom stereocenters. The molecular formula is C18H21NO2S. The van der Waals surface area contributed by atoms with E-state index in [9.17, 15) is 4.79 Å². The predicted molar refractivity (Wildman–Crippen MR) is 89.6 cm³/mol. The fraction of sp³-hybridized carbons (Fsp3) is 0.389. The maximum atomic E-state index is 11.5. The van der Waals surface area contributed by atoms with Gasteiger partial charge < -0.3 is 10.1 Å². The second-order valence-electron chi connectivity index (χ2n) is 5.79. The summed E-state index contributed by atoms with van der Waals surface area (Å²) in [5.41, 5.74) is 1.85. The quantitative estimate of drug-likeness (QED) is 0.868. The molecule has 3 rings (SSSR count). The van der Waals surface area contributed by atoms with Crippen LogP contribution >= 0.6 is 11.3 Å². The van der Waals surface area contributed by atoms with Gasteiger partial charge in [0.15, 0.2) is 0 Å².